The lowest BCUT2D eigenvalue weighted by molar-refractivity contribution is -0.121. The zero-order valence-electron chi connectivity index (χ0n) is 11.8. The number of aliphatic hydroxyl groups is 1. The van der Waals surface area contributed by atoms with Crippen molar-refractivity contribution in [1.29, 1.82) is 0 Å². The molecule has 0 unspecified atom stereocenters. The summed E-state index contributed by atoms with van der Waals surface area (Å²) in [6.45, 7) is 1.30. The molecule has 0 aliphatic heterocycles. The monoisotopic (exact) mass is 362 g/mol. The number of methoxy groups -OCH3 is 1. The van der Waals surface area contributed by atoms with Crippen LogP contribution >= 0.6 is 15.9 Å². The largest absolute Gasteiger partial charge is 0.394 e. The Kier molecular flexibility index (Phi) is 7.95. The highest BCUT2D eigenvalue weighted by Gasteiger charge is 2.08. The average Bonchev–Trinajstić information content (AvgIpc) is 2.47. The van der Waals surface area contributed by atoms with Crippen molar-refractivity contribution in [3.05, 3.63) is 21.0 Å². The highest BCUT2D eigenvalue weighted by atomic mass is 79.9. The van der Waals surface area contributed by atoms with Gasteiger partial charge in [-0.15, -0.1) is 0 Å². The van der Waals surface area contributed by atoms with Crippen LogP contribution in [0.3, 0.4) is 0 Å². The number of rotatable bonds is 9. The first kappa shape index (κ1) is 17.6. The molecule has 0 bridgehead atoms. The Balaban J connectivity index is 2.47. The van der Waals surface area contributed by atoms with Crippen LogP contribution in [-0.4, -0.2) is 54.2 Å². The summed E-state index contributed by atoms with van der Waals surface area (Å²) in [5.74, 6) is -0.0998. The van der Waals surface area contributed by atoms with E-state index in [2.05, 4.69) is 31.7 Å². The molecule has 9 heteroatoms. The number of nitrogens with one attached hydrogen (secondary N) is 2. The molecule has 0 atom stereocenters. The Morgan fingerprint density at radius 1 is 1.52 bits per heavy atom. The van der Waals surface area contributed by atoms with E-state index >= 15 is 0 Å². The van der Waals surface area contributed by atoms with E-state index in [1.165, 1.54) is 6.20 Å². The fourth-order valence-corrected chi connectivity index (χ4v) is 1.98. The standard InChI is InChI=1S/C12H19BrN4O4/c1-21-7-4-15-10(19)2-3-14-9-8-16-17(5-6-18)12(20)11(9)13/h8,14,18H,2-7H2,1H3,(H,15,19). The van der Waals surface area contributed by atoms with Crippen molar-refractivity contribution >= 4 is 27.5 Å². The molecule has 1 rings (SSSR count). The minimum absolute atomic E-state index is 0.0998. The average molecular weight is 363 g/mol. The predicted molar refractivity (Wildman–Crippen MR) is 81.3 cm³/mol. The van der Waals surface area contributed by atoms with Gasteiger partial charge in [0.1, 0.15) is 4.47 Å². The first-order valence-corrected chi connectivity index (χ1v) is 7.25. The third-order valence-corrected chi connectivity index (χ3v) is 3.36. The summed E-state index contributed by atoms with van der Waals surface area (Å²) in [6.07, 6.45) is 1.75. The number of anilines is 1. The first-order chi connectivity index (χ1) is 10.1. The molecule has 0 aromatic carbocycles. The maximum absolute atomic E-state index is 11.9. The molecule has 0 saturated carbocycles. The van der Waals surface area contributed by atoms with E-state index in [1.54, 1.807) is 7.11 Å². The number of ether oxygens (including phenoxy) is 1. The third-order valence-electron chi connectivity index (χ3n) is 2.59. The summed E-state index contributed by atoms with van der Waals surface area (Å²) in [4.78, 5) is 23.3. The summed E-state index contributed by atoms with van der Waals surface area (Å²) < 4.78 is 6.31. The van der Waals surface area contributed by atoms with Gasteiger partial charge in [0.25, 0.3) is 5.56 Å². The first-order valence-electron chi connectivity index (χ1n) is 6.46. The van der Waals surface area contributed by atoms with Crippen molar-refractivity contribution in [2.45, 2.75) is 13.0 Å². The predicted octanol–water partition coefficient (Wildman–Crippen LogP) is -0.437. The molecular weight excluding hydrogens is 344 g/mol. The number of hydrogen-bond acceptors (Lipinski definition) is 6. The van der Waals surface area contributed by atoms with Gasteiger partial charge in [0.05, 0.1) is 31.6 Å². The molecule has 1 aromatic rings. The van der Waals surface area contributed by atoms with Crippen LogP contribution in [0.25, 0.3) is 0 Å². The number of amides is 1. The van der Waals surface area contributed by atoms with Crippen LogP contribution in [0.2, 0.25) is 0 Å². The second-order valence-corrected chi connectivity index (χ2v) is 4.94. The quantitative estimate of drug-likeness (QED) is 0.514. The van der Waals surface area contributed by atoms with E-state index in [9.17, 15) is 9.59 Å². The smallest absolute Gasteiger partial charge is 0.283 e. The zero-order valence-corrected chi connectivity index (χ0v) is 13.4. The zero-order chi connectivity index (χ0) is 15.7. The summed E-state index contributed by atoms with van der Waals surface area (Å²) >= 11 is 3.18. The van der Waals surface area contributed by atoms with Crippen LogP contribution in [0.5, 0.6) is 0 Å². The number of carbonyl (C=O) groups excluding carboxylic acids is 1. The van der Waals surface area contributed by atoms with Crippen molar-refractivity contribution in [2.24, 2.45) is 0 Å². The van der Waals surface area contributed by atoms with Crippen molar-refractivity contribution in [3.8, 4) is 0 Å². The van der Waals surface area contributed by atoms with Gasteiger partial charge in [-0.1, -0.05) is 0 Å². The van der Waals surface area contributed by atoms with Crippen LogP contribution in [0.15, 0.2) is 15.5 Å². The highest BCUT2D eigenvalue weighted by Crippen LogP contribution is 2.15. The molecule has 0 fully saturated rings. The van der Waals surface area contributed by atoms with Crippen molar-refractivity contribution < 1.29 is 14.6 Å². The molecule has 1 amide bonds. The van der Waals surface area contributed by atoms with Crippen LogP contribution in [0, 0.1) is 0 Å². The number of hydrogen-bond donors (Lipinski definition) is 3. The van der Waals surface area contributed by atoms with Gasteiger partial charge in [-0.3, -0.25) is 9.59 Å². The molecule has 1 aromatic heterocycles. The molecule has 3 N–H and O–H groups in total. The van der Waals surface area contributed by atoms with Crippen LogP contribution < -0.4 is 16.2 Å². The summed E-state index contributed by atoms with van der Waals surface area (Å²) in [5.41, 5.74) is 0.178. The number of aliphatic hydroxyl groups excluding tert-OH is 1. The van der Waals surface area contributed by atoms with Crippen molar-refractivity contribution in [2.75, 3.05) is 38.7 Å². The molecule has 118 valence electrons. The Hall–Kier alpha value is -1.45. The Labute approximate surface area is 130 Å². The van der Waals surface area contributed by atoms with Crippen molar-refractivity contribution in [3.63, 3.8) is 0 Å². The van der Waals surface area contributed by atoms with Gasteiger partial charge >= 0.3 is 0 Å². The Morgan fingerprint density at radius 3 is 2.95 bits per heavy atom. The number of carbonyl (C=O) groups is 1. The van der Waals surface area contributed by atoms with E-state index in [0.29, 0.717) is 29.9 Å². The minimum atomic E-state index is -0.335. The summed E-state index contributed by atoms with van der Waals surface area (Å²) in [5, 5.41) is 18.4. The van der Waals surface area contributed by atoms with Gasteiger partial charge in [0.15, 0.2) is 0 Å². The second kappa shape index (κ2) is 9.48. The maximum atomic E-state index is 11.9. The van der Waals surface area contributed by atoms with Gasteiger partial charge in [-0.2, -0.15) is 5.10 Å². The fourth-order valence-electron chi connectivity index (χ4n) is 1.53. The minimum Gasteiger partial charge on any atom is -0.394 e. The number of nitrogens with zero attached hydrogens (tertiary/aromatic N) is 2. The Morgan fingerprint density at radius 2 is 2.29 bits per heavy atom. The summed E-state index contributed by atoms with van der Waals surface area (Å²) in [6, 6.07) is 0. The van der Waals surface area contributed by atoms with E-state index < -0.39 is 0 Å². The van der Waals surface area contributed by atoms with Crippen molar-refractivity contribution in [1.82, 2.24) is 15.1 Å². The van der Waals surface area contributed by atoms with Gasteiger partial charge in [-0.05, 0) is 15.9 Å². The van der Waals surface area contributed by atoms with Gasteiger partial charge < -0.3 is 20.5 Å². The Bertz CT molecular complexity index is 520. The number of halogens is 1. The number of aromatic nitrogens is 2. The topological polar surface area (TPSA) is 105 Å². The van der Waals surface area contributed by atoms with Crippen LogP contribution in [-0.2, 0) is 16.1 Å². The normalized spacial score (nSPS) is 10.4. The van der Waals surface area contributed by atoms with Gasteiger partial charge in [0.2, 0.25) is 5.91 Å². The molecule has 0 radical (unpaired) electrons. The summed E-state index contributed by atoms with van der Waals surface area (Å²) in [7, 11) is 1.57. The molecule has 0 spiro atoms. The molecule has 21 heavy (non-hydrogen) atoms. The van der Waals surface area contributed by atoms with E-state index in [0.717, 1.165) is 4.68 Å². The third kappa shape index (κ3) is 5.82. The highest BCUT2D eigenvalue weighted by molar-refractivity contribution is 9.10. The second-order valence-electron chi connectivity index (χ2n) is 4.14. The van der Waals surface area contributed by atoms with E-state index in [-0.39, 0.29) is 31.0 Å². The lowest BCUT2D eigenvalue weighted by atomic mass is 10.3. The van der Waals surface area contributed by atoms with Gasteiger partial charge in [0, 0.05) is 26.6 Å². The maximum Gasteiger partial charge on any atom is 0.283 e. The van der Waals surface area contributed by atoms with E-state index in [4.69, 9.17) is 9.84 Å². The van der Waals surface area contributed by atoms with Gasteiger partial charge in [-0.25, -0.2) is 4.68 Å². The van der Waals surface area contributed by atoms with Crippen LogP contribution in [0.4, 0.5) is 5.69 Å². The lowest BCUT2D eigenvalue weighted by Gasteiger charge is -2.10. The molecular formula is C12H19BrN4O4. The molecule has 0 saturated heterocycles. The van der Waals surface area contributed by atoms with Crippen LogP contribution in [0.1, 0.15) is 6.42 Å². The van der Waals surface area contributed by atoms with E-state index in [1.807, 2.05) is 0 Å². The molecule has 8 nitrogen and oxygen atoms in total. The SMILES string of the molecule is COCCNC(=O)CCNc1cnn(CCO)c(=O)c1Br. The lowest BCUT2D eigenvalue weighted by Crippen LogP contribution is -2.29. The molecule has 0 aliphatic rings. The molecule has 0 aliphatic carbocycles. The fraction of sp³-hybridized carbons (Fsp3) is 0.583. The molecule has 1 heterocycles.